The summed E-state index contributed by atoms with van der Waals surface area (Å²) in [7, 11) is 3.40. The molecule has 0 fully saturated rings. The van der Waals surface area contributed by atoms with Gasteiger partial charge in [-0.2, -0.15) is 0 Å². The van der Waals surface area contributed by atoms with E-state index in [9.17, 15) is 14.7 Å². The van der Waals surface area contributed by atoms with Crippen molar-refractivity contribution in [3.63, 3.8) is 0 Å². The molecule has 0 aliphatic rings. The van der Waals surface area contributed by atoms with E-state index in [1.54, 1.807) is 20.2 Å². The molecule has 0 aliphatic heterocycles. The summed E-state index contributed by atoms with van der Waals surface area (Å²) in [5, 5.41) is 15.6. The van der Waals surface area contributed by atoms with Gasteiger partial charge in [-0.05, 0) is 28.5 Å². The third-order valence-corrected chi connectivity index (χ3v) is 6.24. The van der Waals surface area contributed by atoms with Crippen LogP contribution in [0.1, 0.15) is 34.7 Å². The Balaban J connectivity index is 1.51. The minimum absolute atomic E-state index is 0.0443. The molecule has 0 bridgehead atoms. The number of carbonyl (C=O) groups is 2. The molecule has 0 aliphatic carbocycles. The number of likely N-dealkylation sites (N-methyl/N-ethyl adjacent to an activating group) is 1. The number of rotatable bonds is 8. The number of hydrogen-bond donors (Lipinski definition) is 2. The molecule has 0 aromatic heterocycles. The Morgan fingerprint density at radius 3 is 2.00 bits per heavy atom. The summed E-state index contributed by atoms with van der Waals surface area (Å²) in [6, 6.07) is 29.1. The molecule has 4 aromatic rings. The van der Waals surface area contributed by atoms with Crippen LogP contribution in [-0.4, -0.2) is 35.9 Å². The fourth-order valence-corrected chi connectivity index (χ4v) is 4.27. The highest BCUT2D eigenvalue weighted by atomic mass is 16.3. The van der Waals surface area contributed by atoms with Crippen molar-refractivity contribution in [2.75, 3.05) is 14.1 Å². The number of carbonyl (C=O) groups excluding carboxylic acids is 2. The molecule has 0 spiro atoms. The fraction of sp³-hybridized carbons (Fsp3) is 0.200. The van der Waals surface area contributed by atoms with Crippen LogP contribution in [0.4, 0.5) is 0 Å². The monoisotopic (exact) mass is 466 g/mol. The van der Waals surface area contributed by atoms with Crippen molar-refractivity contribution in [3.8, 4) is 5.75 Å². The average molecular weight is 467 g/mol. The van der Waals surface area contributed by atoms with E-state index in [4.69, 9.17) is 0 Å². The van der Waals surface area contributed by atoms with E-state index in [2.05, 4.69) is 5.32 Å². The van der Waals surface area contributed by atoms with Gasteiger partial charge in [0.25, 0.3) is 0 Å². The summed E-state index contributed by atoms with van der Waals surface area (Å²) in [4.78, 5) is 26.6. The van der Waals surface area contributed by atoms with Crippen molar-refractivity contribution in [2.45, 2.75) is 25.3 Å². The molecule has 0 radical (unpaired) electrons. The minimum atomic E-state index is -0.224. The number of aryl methyl sites for hydroxylation is 1. The van der Waals surface area contributed by atoms with Gasteiger partial charge in [-0.15, -0.1) is 0 Å². The first-order valence-corrected chi connectivity index (χ1v) is 11.8. The van der Waals surface area contributed by atoms with Gasteiger partial charge in [-0.1, -0.05) is 91.0 Å². The molecule has 2 N–H and O–H groups in total. The molecule has 4 rings (SSSR count). The van der Waals surface area contributed by atoms with Gasteiger partial charge in [-0.3, -0.25) is 9.59 Å². The Morgan fingerprint density at radius 2 is 1.40 bits per heavy atom. The SMILES string of the molecule is CN(C)C(=O)Cc1ccc2c(CCC(=O)NC(c3ccccc3)c3ccccc3)cccc2c1O. The number of aromatic hydroxyl groups is 1. The number of nitrogens with one attached hydrogen (secondary N) is 1. The number of phenols is 1. The Labute approximate surface area is 206 Å². The van der Waals surface area contributed by atoms with Crippen LogP contribution in [-0.2, 0) is 22.4 Å². The summed E-state index contributed by atoms with van der Waals surface area (Å²) in [5.41, 5.74) is 3.64. The fourth-order valence-electron chi connectivity index (χ4n) is 4.27. The van der Waals surface area contributed by atoms with Crippen LogP contribution in [0.15, 0.2) is 91.0 Å². The molecule has 35 heavy (non-hydrogen) atoms. The summed E-state index contributed by atoms with van der Waals surface area (Å²) in [6.45, 7) is 0. The summed E-state index contributed by atoms with van der Waals surface area (Å²) < 4.78 is 0. The average Bonchev–Trinajstić information content (AvgIpc) is 2.88. The first kappa shape index (κ1) is 24.0. The molecule has 0 heterocycles. The predicted octanol–water partition coefficient (Wildman–Crippen LogP) is 5.01. The van der Waals surface area contributed by atoms with Crippen molar-refractivity contribution >= 4 is 22.6 Å². The third-order valence-electron chi connectivity index (χ3n) is 6.24. The molecular formula is C30H30N2O3. The number of phenolic OH excluding ortho intramolecular Hbond substituents is 1. The van der Waals surface area contributed by atoms with E-state index in [-0.39, 0.29) is 30.0 Å². The molecule has 0 saturated carbocycles. The van der Waals surface area contributed by atoms with Crippen molar-refractivity contribution < 1.29 is 14.7 Å². The van der Waals surface area contributed by atoms with E-state index in [1.807, 2.05) is 84.9 Å². The van der Waals surface area contributed by atoms with Crippen LogP contribution < -0.4 is 5.32 Å². The van der Waals surface area contributed by atoms with Gasteiger partial charge < -0.3 is 15.3 Å². The van der Waals surface area contributed by atoms with Gasteiger partial charge in [0.05, 0.1) is 12.5 Å². The maximum absolute atomic E-state index is 13.0. The molecule has 0 unspecified atom stereocenters. The lowest BCUT2D eigenvalue weighted by molar-refractivity contribution is -0.128. The van der Waals surface area contributed by atoms with Gasteiger partial charge in [0.2, 0.25) is 11.8 Å². The summed E-state index contributed by atoms with van der Waals surface area (Å²) in [6.07, 6.45) is 0.994. The normalized spacial score (nSPS) is 10.9. The molecule has 178 valence electrons. The molecule has 4 aromatic carbocycles. The van der Waals surface area contributed by atoms with Crippen molar-refractivity contribution in [1.82, 2.24) is 10.2 Å². The van der Waals surface area contributed by atoms with Crippen LogP contribution in [0.3, 0.4) is 0 Å². The second kappa shape index (κ2) is 10.9. The first-order valence-electron chi connectivity index (χ1n) is 11.8. The maximum Gasteiger partial charge on any atom is 0.226 e. The third kappa shape index (κ3) is 5.69. The number of fused-ring (bicyclic) bond motifs is 1. The number of hydrogen-bond acceptors (Lipinski definition) is 3. The number of benzene rings is 4. The second-order valence-corrected chi connectivity index (χ2v) is 8.87. The molecular weight excluding hydrogens is 436 g/mol. The van der Waals surface area contributed by atoms with Crippen LogP contribution in [0.2, 0.25) is 0 Å². The standard InChI is InChI=1S/C30H30N2O3/c1-32(2)28(34)20-24-16-18-25-21(14-9-15-26(25)30(24)35)17-19-27(33)31-29(22-10-5-3-6-11-22)23-12-7-4-8-13-23/h3-16,18,29,35H,17,19-20H2,1-2H3,(H,31,33). The zero-order chi connectivity index (χ0) is 24.8. The van der Waals surface area contributed by atoms with Gasteiger partial charge in [0, 0.05) is 31.5 Å². The van der Waals surface area contributed by atoms with Crippen LogP contribution in [0.25, 0.3) is 10.8 Å². The van der Waals surface area contributed by atoms with Gasteiger partial charge >= 0.3 is 0 Å². The lowest BCUT2D eigenvalue weighted by Crippen LogP contribution is -2.29. The summed E-state index contributed by atoms with van der Waals surface area (Å²) >= 11 is 0. The Kier molecular flexibility index (Phi) is 7.46. The first-order chi connectivity index (χ1) is 16.9. The van der Waals surface area contributed by atoms with E-state index in [0.717, 1.165) is 22.1 Å². The van der Waals surface area contributed by atoms with E-state index >= 15 is 0 Å². The maximum atomic E-state index is 13.0. The second-order valence-electron chi connectivity index (χ2n) is 8.87. The smallest absolute Gasteiger partial charge is 0.226 e. The molecule has 5 nitrogen and oxygen atoms in total. The highest BCUT2D eigenvalue weighted by Crippen LogP contribution is 2.32. The van der Waals surface area contributed by atoms with Gasteiger partial charge in [0.15, 0.2) is 0 Å². The number of amides is 2. The molecule has 5 heteroatoms. The number of nitrogens with zero attached hydrogens (tertiary/aromatic N) is 1. The lowest BCUT2D eigenvalue weighted by Gasteiger charge is -2.20. The van der Waals surface area contributed by atoms with Gasteiger partial charge in [-0.25, -0.2) is 0 Å². The quantitative estimate of drug-likeness (QED) is 0.383. The highest BCUT2D eigenvalue weighted by molar-refractivity contribution is 5.93. The molecule has 2 amide bonds. The van der Waals surface area contributed by atoms with Crippen LogP contribution in [0.5, 0.6) is 5.75 Å². The predicted molar refractivity (Wildman–Crippen MR) is 139 cm³/mol. The molecule has 0 saturated heterocycles. The van der Waals surface area contributed by atoms with E-state index in [0.29, 0.717) is 23.8 Å². The van der Waals surface area contributed by atoms with E-state index < -0.39 is 0 Å². The van der Waals surface area contributed by atoms with Crippen molar-refractivity contribution in [1.29, 1.82) is 0 Å². The Morgan fingerprint density at radius 1 is 0.771 bits per heavy atom. The minimum Gasteiger partial charge on any atom is -0.507 e. The largest absolute Gasteiger partial charge is 0.507 e. The molecule has 0 atom stereocenters. The Bertz CT molecular complexity index is 1280. The Hall–Kier alpha value is -4.12. The van der Waals surface area contributed by atoms with E-state index in [1.165, 1.54) is 4.90 Å². The topological polar surface area (TPSA) is 69.6 Å². The lowest BCUT2D eigenvalue weighted by atomic mass is 9.96. The summed E-state index contributed by atoms with van der Waals surface area (Å²) in [5.74, 6) is 0.00761. The highest BCUT2D eigenvalue weighted by Gasteiger charge is 2.18. The zero-order valence-corrected chi connectivity index (χ0v) is 20.1. The van der Waals surface area contributed by atoms with Crippen LogP contribution in [0, 0.1) is 0 Å². The van der Waals surface area contributed by atoms with Crippen molar-refractivity contribution in [2.24, 2.45) is 0 Å². The van der Waals surface area contributed by atoms with Crippen LogP contribution >= 0.6 is 0 Å². The van der Waals surface area contributed by atoms with Crippen molar-refractivity contribution in [3.05, 3.63) is 113 Å². The van der Waals surface area contributed by atoms with Gasteiger partial charge in [0.1, 0.15) is 5.75 Å². The zero-order valence-electron chi connectivity index (χ0n) is 20.1.